The van der Waals surface area contributed by atoms with Crippen LogP contribution in [-0.2, 0) is 4.79 Å². The van der Waals surface area contributed by atoms with E-state index in [1.165, 1.54) is 0 Å². The molecule has 0 aromatic heterocycles. The smallest absolute Gasteiger partial charge is 0.270 e. The Morgan fingerprint density at radius 3 is 2.62 bits per heavy atom. The first-order valence-corrected chi connectivity index (χ1v) is 8.59. The van der Waals surface area contributed by atoms with E-state index in [0.717, 1.165) is 19.4 Å². The van der Waals surface area contributed by atoms with Gasteiger partial charge in [-0.15, -0.1) is 0 Å². The molecular weight excluding hydrogens is 304 g/mol. The summed E-state index contributed by atoms with van der Waals surface area (Å²) in [7, 11) is 4.03. The molecule has 0 unspecified atom stereocenters. The Labute approximate surface area is 144 Å². The van der Waals surface area contributed by atoms with Gasteiger partial charge in [0.15, 0.2) is 11.4 Å². The van der Waals surface area contributed by atoms with Crippen molar-refractivity contribution in [2.45, 2.75) is 45.6 Å². The third-order valence-corrected chi connectivity index (χ3v) is 4.16. The van der Waals surface area contributed by atoms with Crippen molar-refractivity contribution in [2.24, 2.45) is 0 Å². The fraction of sp³-hybridized carbons (Fsp3) is 0.579. The topological polar surface area (TPSA) is 49.9 Å². The molecule has 1 heterocycles. The number of nitrogens with zero attached hydrogens (tertiary/aromatic N) is 2. The van der Waals surface area contributed by atoms with E-state index in [2.05, 4.69) is 4.90 Å². The van der Waals surface area contributed by atoms with Crippen molar-refractivity contribution in [1.29, 1.82) is 0 Å². The average Bonchev–Trinajstić information content (AvgIpc) is 2.50. The minimum absolute atomic E-state index is 0.0613. The predicted molar refractivity (Wildman–Crippen MR) is 95.9 cm³/mol. The Kier molecular flexibility index (Phi) is 5.65. The van der Waals surface area contributed by atoms with Gasteiger partial charge in [-0.05, 0) is 65.5 Å². The van der Waals surface area contributed by atoms with E-state index in [-0.39, 0.29) is 11.7 Å². The van der Waals surface area contributed by atoms with Gasteiger partial charge in [0.05, 0.1) is 5.69 Å². The zero-order valence-electron chi connectivity index (χ0n) is 15.4. The number of anilines is 1. The molecule has 24 heavy (non-hydrogen) atoms. The Morgan fingerprint density at radius 2 is 2.00 bits per heavy atom. The van der Waals surface area contributed by atoms with Gasteiger partial charge in [-0.2, -0.15) is 0 Å². The van der Waals surface area contributed by atoms with Crippen LogP contribution in [0.2, 0.25) is 0 Å². The summed E-state index contributed by atoms with van der Waals surface area (Å²) in [6, 6.07) is 5.40. The molecule has 0 bridgehead atoms. The first kappa shape index (κ1) is 18.5. The molecule has 0 saturated carbocycles. The second-order valence-electron chi connectivity index (χ2n) is 7.08. The second-order valence-corrected chi connectivity index (χ2v) is 7.08. The van der Waals surface area contributed by atoms with Crippen molar-refractivity contribution in [3.8, 4) is 5.75 Å². The molecule has 1 aliphatic heterocycles. The monoisotopic (exact) mass is 332 g/mol. The Morgan fingerprint density at radius 1 is 1.29 bits per heavy atom. The number of amides is 1. The first-order valence-electron chi connectivity index (χ1n) is 8.59. The van der Waals surface area contributed by atoms with Crippen LogP contribution in [0.3, 0.4) is 0 Å². The van der Waals surface area contributed by atoms with E-state index in [0.29, 0.717) is 30.0 Å². The van der Waals surface area contributed by atoms with Crippen molar-refractivity contribution < 1.29 is 14.3 Å². The van der Waals surface area contributed by atoms with Crippen molar-refractivity contribution in [3.63, 3.8) is 0 Å². The lowest BCUT2D eigenvalue weighted by Crippen LogP contribution is -2.53. The maximum atomic E-state index is 12.8. The average molecular weight is 332 g/mol. The highest BCUT2D eigenvalue weighted by Crippen LogP contribution is 2.38. The molecule has 132 valence electrons. The van der Waals surface area contributed by atoms with Gasteiger partial charge in [-0.1, -0.05) is 6.92 Å². The summed E-state index contributed by atoms with van der Waals surface area (Å²) < 4.78 is 5.87. The van der Waals surface area contributed by atoms with Gasteiger partial charge >= 0.3 is 0 Å². The lowest BCUT2D eigenvalue weighted by Gasteiger charge is -2.39. The van der Waals surface area contributed by atoms with E-state index in [1.807, 2.05) is 27.1 Å². The van der Waals surface area contributed by atoms with Gasteiger partial charge in [-0.3, -0.25) is 9.59 Å². The van der Waals surface area contributed by atoms with Crippen LogP contribution < -0.4 is 9.64 Å². The van der Waals surface area contributed by atoms with Crippen LogP contribution in [0.15, 0.2) is 18.2 Å². The van der Waals surface area contributed by atoms with Gasteiger partial charge in [0.25, 0.3) is 5.91 Å². The summed E-state index contributed by atoms with van der Waals surface area (Å²) >= 11 is 0. The number of benzene rings is 1. The third kappa shape index (κ3) is 3.96. The standard InChI is InChI=1S/C19H28N2O3/c1-6-8-16(22)14-9-10-17-15(13-14)21(12-7-11-20(4)5)18(23)19(2,3)24-17/h9-10,13H,6-8,11-12H2,1-5H3. The van der Waals surface area contributed by atoms with Crippen LogP contribution in [0.5, 0.6) is 5.75 Å². The highest BCUT2D eigenvalue weighted by atomic mass is 16.5. The van der Waals surface area contributed by atoms with E-state index in [4.69, 9.17) is 4.74 Å². The van der Waals surface area contributed by atoms with Crippen LogP contribution in [0.4, 0.5) is 5.69 Å². The zero-order chi connectivity index (χ0) is 17.9. The highest BCUT2D eigenvalue weighted by Gasteiger charge is 2.40. The fourth-order valence-electron chi connectivity index (χ4n) is 2.88. The number of hydrogen-bond acceptors (Lipinski definition) is 4. The van der Waals surface area contributed by atoms with E-state index in [1.54, 1.807) is 30.9 Å². The number of carbonyl (C=O) groups excluding carboxylic acids is 2. The van der Waals surface area contributed by atoms with Crippen LogP contribution >= 0.6 is 0 Å². The number of Topliss-reactive ketones (excluding diaryl/α,β-unsaturated/α-hetero) is 1. The molecule has 0 fully saturated rings. The van der Waals surface area contributed by atoms with Gasteiger partial charge in [0, 0.05) is 18.5 Å². The summed E-state index contributed by atoms with van der Waals surface area (Å²) in [5.74, 6) is 0.706. The quantitative estimate of drug-likeness (QED) is 0.720. The predicted octanol–water partition coefficient (Wildman–Crippen LogP) is 3.13. The van der Waals surface area contributed by atoms with E-state index in [9.17, 15) is 9.59 Å². The number of fused-ring (bicyclic) bond motifs is 1. The summed E-state index contributed by atoms with van der Waals surface area (Å²) in [4.78, 5) is 28.9. The maximum absolute atomic E-state index is 12.8. The maximum Gasteiger partial charge on any atom is 0.270 e. The van der Waals surface area contributed by atoms with E-state index < -0.39 is 5.60 Å². The Bertz CT molecular complexity index is 623. The van der Waals surface area contributed by atoms with Gasteiger partial charge in [0.2, 0.25) is 0 Å². The van der Waals surface area contributed by atoms with Crippen LogP contribution in [0.1, 0.15) is 50.4 Å². The van der Waals surface area contributed by atoms with E-state index >= 15 is 0 Å². The molecule has 5 nitrogen and oxygen atoms in total. The summed E-state index contributed by atoms with van der Waals surface area (Å²) in [5, 5.41) is 0. The number of ketones is 1. The highest BCUT2D eigenvalue weighted by molar-refractivity contribution is 6.04. The number of ether oxygens (including phenoxy) is 1. The molecule has 1 aromatic rings. The normalized spacial score (nSPS) is 16.1. The summed E-state index contributed by atoms with van der Waals surface area (Å²) in [6.45, 7) is 7.07. The molecule has 1 aromatic carbocycles. The fourth-order valence-corrected chi connectivity index (χ4v) is 2.88. The molecular formula is C19H28N2O3. The molecule has 0 aliphatic carbocycles. The van der Waals surface area contributed by atoms with Gasteiger partial charge in [0.1, 0.15) is 5.75 Å². The van der Waals surface area contributed by atoms with Crippen molar-refractivity contribution in [1.82, 2.24) is 4.90 Å². The zero-order valence-corrected chi connectivity index (χ0v) is 15.4. The third-order valence-electron chi connectivity index (χ3n) is 4.16. The van der Waals surface area contributed by atoms with Crippen molar-refractivity contribution >= 4 is 17.4 Å². The lowest BCUT2D eigenvalue weighted by molar-refractivity contribution is -0.132. The van der Waals surface area contributed by atoms with Crippen LogP contribution in [0, 0.1) is 0 Å². The Hall–Kier alpha value is -1.88. The van der Waals surface area contributed by atoms with Gasteiger partial charge < -0.3 is 14.5 Å². The summed E-state index contributed by atoms with van der Waals surface area (Å²) in [5.41, 5.74) is 0.462. The van der Waals surface area contributed by atoms with Gasteiger partial charge in [-0.25, -0.2) is 0 Å². The molecule has 0 atom stereocenters. The second kappa shape index (κ2) is 7.34. The largest absolute Gasteiger partial charge is 0.476 e. The number of rotatable bonds is 7. The minimum atomic E-state index is -0.889. The molecule has 1 amide bonds. The number of hydrogen-bond donors (Lipinski definition) is 0. The molecule has 1 aliphatic rings. The summed E-state index contributed by atoms with van der Waals surface area (Å²) in [6.07, 6.45) is 2.19. The molecule has 2 rings (SSSR count). The molecule has 0 spiro atoms. The van der Waals surface area contributed by atoms with Crippen molar-refractivity contribution in [2.75, 3.05) is 32.1 Å². The molecule has 0 radical (unpaired) electrons. The number of carbonyl (C=O) groups is 2. The first-order chi connectivity index (χ1) is 11.3. The van der Waals surface area contributed by atoms with Crippen LogP contribution in [-0.4, -0.2) is 49.4 Å². The van der Waals surface area contributed by atoms with Crippen molar-refractivity contribution in [3.05, 3.63) is 23.8 Å². The molecule has 0 N–H and O–H groups in total. The molecule has 0 saturated heterocycles. The molecule has 5 heteroatoms. The lowest BCUT2D eigenvalue weighted by atomic mass is 10.0. The van der Waals surface area contributed by atoms with Crippen LogP contribution in [0.25, 0.3) is 0 Å². The Balaban J connectivity index is 2.33. The SMILES string of the molecule is CCCC(=O)c1ccc2c(c1)N(CCCN(C)C)C(=O)C(C)(C)O2. The minimum Gasteiger partial charge on any atom is -0.476 e.